The zero-order valence-electron chi connectivity index (χ0n) is 15.6. The molecule has 0 spiro atoms. The van der Waals surface area contributed by atoms with Gasteiger partial charge >= 0.3 is 5.69 Å². The lowest BCUT2D eigenvalue weighted by Gasteiger charge is -2.17. The molecule has 1 aromatic carbocycles. The molecular weight excluding hydrogens is 386 g/mol. The normalized spacial score (nSPS) is 22.5. The Hall–Kier alpha value is -2.86. The minimum absolute atomic E-state index is 0.0735. The van der Waals surface area contributed by atoms with Gasteiger partial charge in [-0.25, -0.2) is 4.79 Å². The molecule has 11 heteroatoms. The summed E-state index contributed by atoms with van der Waals surface area (Å²) in [5.74, 6) is 0. The summed E-state index contributed by atoms with van der Waals surface area (Å²) >= 11 is 0. The highest BCUT2D eigenvalue weighted by atomic mass is 16.6. The van der Waals surface area contributed by atoms with Gasteiger partial charge in [-0.3, -0.25) is 24.5 Å². The molecule has 4 atom stereocenters. The molecular formula is C18H21N3O8. The molecule has 0 bridgehead atoms. The second-order valence-corrected chi connectivity index (χ2v) is 6.70. The molecule has 2 heterocycles. The zero-order chi connectivity index (χ0) is 21.1. The van der Waals surface area contributed by atoms with Crippen molar-refractivity contribution in [2.45, 2.75) is 44.5 Å². The number of rotatable bonds is 7. The van der Waals surface area contributed by atoms with Gasteiger partial charge in [-0.15, -0.1) is 0 Å². The summed E-state index contributed by atoms with van der Waals surface area (Å²) in [6.45, 7) is 1.01. The number of ether oxygens (including phenoxy) is 2. The number of H-pyrrole nitrogens is 1. The van der Waals surface area contributed by atoms with Gasteiger partial charge < -0.3 is 19.7 Å². The molecule has 1 fully saturated rings. The minimum Gasteiger partial charge on any atom is -0.394 e. The highest BCUT2D eigenvalue weighted by Crippen LogP contribution is 2.29. The van der Waals surface area contributed by atoms with Crippen LogP contribution in [0.15, 0.2) is 40.1 Å². The molecule has 0 aliphatic carbocycles. The standard InChI is InChI=1S/C18H21N3O8/c1-10(12-4-2-3-5-13(12)21(26)27)28-9-11-7-20(18(25)19-17(11)24)16-6-14(23)15(8-22)29-16/h2-5,7,10,14-16,22-23H,6,8-9H2,1H3,(H,19,24,25)/t10?,14?,15-,16-/m1/s1. The van der Waals surface area contributed by atoms with Crippen molar-refractivity contribution in [1.82, 2.24) is 9.55 Å². The number of nitro groups is 1. The predicted molar refractivity (Wildman–Crippen MR) is 99.2 cm³/mol. The van der Waals surface area contributed by atoms with Gasteiger partial charge in [0.15, 0.2) is 0 Å². The van der Waals surface area contributed by atoms with Crippen molar-refractivity contribution in [3.63, 3.8) is 0 Å². The van der Waals surface area contributed by atoms with Crippen molar-refractivity contribution in [2.24, 2.45) is 0 Å². The van der Waals surface area contributed by atoms with Crippen LogP contribution in [-0.2, 0) is 16.1 Å². The van der Waals surface area contributed by atoms with Gasteiger partial charge in [0.25, 0.3) is 11.2 Å². The monoisotopic (exact) mass is 407 g/mol. The van der Waals surface area contributed by atoms with Crippen molar-refractivity contribution in [3.8, 4) is 0 Å². The van der Waals surface area contributed by atoms with Crippen LogP contribution < -0.4 is 11.2 Å². The van der Waals surface area contributed by atoms with Crippen LogP contribution in [0.4, 0.5) is 5.69 Å². The number of aromatic amines is 1. The molecule has 11 nitrogen and oxygen atoms in total. The van der Waals surface area contributed by atoms with Crippen LogP contribution in [0.2, 0.25) is 0 Å². The van der Waals surface area contributed by atoms with Gasteiger partial charge in [-0.2, -0.15) is 0 Å². The van der Waals surface area contributed by atoms with Gasteiger partial charge in [0.1, 0.15) is 12.3 Å². The molecule has 1 saturated heterocycles. The number of aliphatic hydroxyl groups is 2. The number of aliphatic hydroxyl groups excluding tert-OH is 2. The van der Waals surface area contributed by atoms with Crippen molar-refractivity contribution >= 4 is 5.69 Å². The lowest BCUT2D eigenvalue weighted by atomic mass is 10.1. The maximum atomic E-state index is 12.1. The first-order valence-corrected chi connectivity index (χ1v) is 8.95. The SMILES string of the molecule is CC(OCc1cn([C@H]2CC(O)[C@@H](CO)O2)c(=O)[nH]c1=O)c1ccccc1[N+](=O)[O-]. The fraction of sp³-hybridized carbons (Fsp3) is 0.444. The quantitative estimate of drug-likeness (QED) is 0.439. The Morgan fingerprint density at radius 1 is 1.41 bits per heavy atom. The maximum Gasteiger partial charge on any atom is 0.330 e. The minimum atomic E-state index is -0.942. The number of nitrogens with zero attached hydrogens (tertiary/aromatic N) is 2. The Bertz CT molecular complexity index is 1000. The molecule has 2 aromatic rings. The molecule has 1 aliphatic rings. The van der Waals surface area contributed by atoms with E-state index in [4.69, 9.17) is 9.47 Å². The van der Waals surface area contributed by atoms with Gasteiger partial charge in [0.05, 0.1) is 41.5 Å². The average Bonchev–Trinajstić information content (AvgIpc) is 3.07. The highest BCUT2D eigenvalue weighted by molar-refractivity contribution is 5.41. The van der Waals surface area contributed by atoms with E-state index in [2.05, 4.69) is 4.98 Å². The van der Waals surface area contributed by atoms with E-state index in [1.807, 2.05) is 0 Å². The Morgan fingerprint density at radius 2 is 2.14 bits per heavy atom. The van der Waals surface area contributed by atoms with Crippen LogP contribution >= 0.6 is 0 Å². The first kappa shape index (κ1) is 20.9. The average molecular weight is 407 g/mol. The van der Waals surface area contributed by atoms with Crippen LogP contribution in [0, 0.1) is 10.1 Å². The van der Waals surface area contributed by atoms with Gasteiger partial charge in [-0.1, -0.05) is 12.1 Å². The third kappa shape index (κ3) is 4.43. The molecule has 0 saturated carbocycles. The summed E-state index contributed by atoms with van der Waals surface area (Å²) in [7, 11) is 0. The molecule has 3 N–H and O–H groups in total. The number of aromatic nitrogens is 2. The Morgan fingerprint density at radius 3 is 2.79 bits per heavy atom. The maximum absolute atomic E-state index is 12.1. The number of nitrogens with one attached hydrogen (secondary N) is 1. The van der Waals surface area contributed by atoms with Gasteiger partial charge in [0, 0.05) is 18.7 Å². The van der Waals surface area contributed by atoms with Crippen LogP contribution in [-0.4, -0.2) is 43.5 Å². The fourth-order valence-corrected chi connectivity index (χ4v) is 3.20. The largest absolute Gasteiger partial charge is 0.394 e. The van der Waals surface area contributed by atoms with Gasteiger partial charge in [-0.05, 0) is 13.0 Å². The lowest BCUT2D eigenvalue weighted by Crippen LogP contribution is -2.34. The summed E-state index contributed by atoms with van der Waals surface area (Å²) in [5, 5.41) is 30.2. The van der Waals surface area contributed by atoms with Gasteiger partial charge in [0.2, 0.25) is 0 Å². The number of hydrogen-bond acceptors (Lipinski definition) is 8. The molecule has 1 aromatic heterocycles. The van der Waals surface area contributed by atoms with Crippen molar-refractivity contribution < 1.29 is 24.6 Å². The predicted octanol–water partition coefficient (Wildman–Crippen LogP) is 0.363. The Kier molecular flexibility index (Phi) is 6.23. The first-order chi connectivity index (χ1) is 13.8. The van der Waals surface area contributed by atoms with Crippen molar-refractivity contribution in [1.29, 1.82) is 0 Å². The summed E-state index contributed by atoms with van der Waals surface area (Å²) in [6.07, 6.45) is -1.95. The molecule has 2 unspecified atom stereocenters. The molecule has 156 valence electrons. The summed E-state index contributed by atoms with van der Waals surface area (Å²) in [4.78, 5) is 37.1. The summed E-state index contributed by atoms with van der Waals surface area (Å²) in [6, 6.07) is 6.12. The summed E-state index contributed by atoms with van der Waals surface area (Å²) < 4.78 is 12.2. The fourth-order valence-electron chi connectivity index (χ4n) is 3.20. The number of benzene rings is 1. The van der Waals surface area contributed by atoms with E-state index in [1.54, 1.807) is 25.1 Å². The molecule has 29 heavy (non-hydrogen) atoms. The molecule has 0 radical (unpaired) electrons. The third-order valence-corrected chi connectivity index (χ3v) is 4.80. The van der Waals surface area contributed by atoms with Crippen LogP contribution in [0.5, 0.6) is 0 Å². The molecule has 1 aliphatic heterocycles. The zero-order valence-corrected chi connectivity index (χ0v) is 15.6. The topological polar surface area (TPSA) is 157 Å². The van der Waals surface area contributed by atoms with E-state index >= 15 is 0 Å². The molecule has 0 amide bonds. The van der Waals surface area contributed by atoms with E-state index in [0.717, 1.165) is 4.57 Å². The number of nitro benzene ring substituents is 1. The van der Waals surface area contributed by atoms with E-state index < -0.39 is 47.3 Å². The van der Waals surface area contributed by atoms with E-state index in [-0.39, 0.29) is 24.3 Å². The van der Waals surface area contributed by atoms with E-state index in [0.29, 0.717) is 5.56 Å². The van der Waals surface area contributed by atoms with Crippen molar-refractivity contribution in [2.75, 3.05) is 6.61 Å². The van der Waals surface area contributed by atoms with Crippen LogP contribution in [0.25, 0.3) is 0 Å². The van der Waals surface area contributed by atoms with E-state index in [9.17, 15) is 29.9 Å². The smallest absolute Gasteiger partial charge is 0.330 e. The third-order valence-electron chi connectivity index (χ3n) is 4.80. The second kappa shape index (κ2) is 8.66. The number of hydrogen-bond donors (Lipinski definition) is 3. The Labute approximate surface area is 164 Å². The lowest BCUT2D eigenvalue weighted by molar-refractivity contribution is -0.386. The summed E-state index contributed by atoms with van der Waals surface area (Å²) in [5.41, 5.74) is -1.00. The number of para-hydroxylation sites is 1. The van der Waals surface area contributed by atoms with Crippen molar-refractivity contribution in [3.05, 3.63) is 72.5 Å². The second-order valence-electron chi connectivity index (χ2n) is 6.70. The highest BCUT2D eigenvalue weighted by Gasteiger charge is 2.35. The van der Waals surface area contributed by atoms with Crippen LogP contribution in [0.1, 0.15) is 36.8 Å². The van der Waals surface area contributed by atoms with Crippen LogP contribution in [0.3, 0.4) is 0 Å². The Balaban J connectivity index is 1.79. The van der Waals surface area contributed by atoms with E-state index in [1.165, 1.54) is 12.3 Å². The molecule has 3 rings (SSSR count). The first-order valence-electron chi connectivity index (χ1n) is 8.95.